The largest absolute Gasteiger partial charge is 0.493 e. The van der Waals surface area contributed by atoms with Gasteiger partial charge in [0, 0.05) is 28.4 Å². The van der Waals surface area contributed by atoms with Crippen LogP contribution in [0.25, 0.3) is 0 Å². The average molecular weight is 434 g/mol. The molecule has 2 fully saturated rings. The molecule has 1 aromatic carbocycles. The highest BCUT2D eigenvalue weighted by Crippen LogP contribution is 2.52. The lowest BCUT2D eigenvalue weighted by atomic mass is 9.79. The van der Waals surface area contributed by atoms with Crippen LogP contribution in [0.3, 0.4) is 0 Å². The molecular formula is C22H31N3O4S. The average Bonchev–Trinajstić information content (AvgIpc) is 3.18. The molecule has 2 N–H and O–H groups in total. The third-order valence-corrected chi connectivity index (χ3v) is 7.44. The number of thioether (sulfide) groups is 1. The zero-order valence-electron chi connectivity index (χ0n) is 18.5. The van der Waals surface area contributed by atoms with Crippen LogP contribution in [0.1, 0.15) is 61.8 Å². The van der Waals surface area contributed by atoms with Crippen LogP contribution >= 0.6 is 11.8 Å². The van der Waals surface area contributed by atoms with E-state index in [4.69, 9.17) is 9.47 Å². The Morgan fingerprint density at radius 1 is 1.17 bits per heavy atom. The number of hydrogen-bond acceptors (Lipinski definition) is 6. The van der Waals surface area contributed by atoms with E-state index in [0.717, 1.165) is 18.4 Å². The molecule has 2 unspecified atom stereocenters. The van der Waals surface area contributed by atoms with E-state index in [0.29, 0.717) is 22.8 Å². The molecule has 0 aromatic heterocycles. The van der Waals surface area contributed by atoms with Gasteiger partial charge in [-0.2, -0.15) is 0 Å². The van der Waals surface area contributed by atoms with Crippen molar-refractivity contribution in [3.05, 3.63) is 23.3 Å². The summed E-state index contributed by atoms with van der Waals surface area (Å²) in [4.78, 5) is 28.3. The quantitative estimate of drug-likeness (QED) is 0.760. The maximum absolute atomic E-state index is 13.3. The van der Waals surface area contributed by atoms with E-state index in [9.17, 15) is 9.59 Å². The van der Waals surface area contributed by atoms with Gasteiger partial charge in [-0.1, -0.05) is 6.07 Å². The summed E-state index contributed by atoms with van der Waals surface area (Å²) < 4.78 is 10.8. The van der Waals surface area contributed by atoms with Crippen molar-refractivity contribution in [1.29, 1.82) is 0 Å². The minimum absolute atomic E-state index is 0.0592. The summed E-state index contributed by atoms with van der Waals surface area (Å²) in [6.07, 6.45) is 1.70. The molecule has 30 heavy (non-hydrogen) atoms. The molecule has 2 amide bonds. The number of methoxy groups -OCH3 is 2. The second-order valence-corrected chi connectivity index (χ2v) is 10.8. The van der Waals surface area contributed by atoms with Crippen LogP contribution in [0.15, 0.2) is 12.1 Å². The molecule has 0 spiro atoms. The molecule has 2 atom stereocenters. The third-order valence-electron chi connectivity index (χ3n) is 6.13. The predicted molar refractivity (Wildman–Crippen MR) is 117 cm³/mol. The van der Waals surface area contributed by atoms with Crippen molar-refractivity contribution in [1.82, 2.24) is 15.5 Å². The summed E-state index contributed by atoms with van der Waals surface area (Å²) in [5.41, 5.74) is 1.28. The van der Waals surface area contributed by atoms with Gasteiger partial charge < -0.3 is 25.0 Å². The van der Waals surface area contributed by atoms with E-state index >= 15 is 0 Å². The van der Waals surface area contributed by atoms with E-state index < -0.39 is 6.04 Å². The molecule has 0 bridgehead atoms. The van der Waals surface area contributed by atoms with Gasteiger partial charge in [-0.3, -0.25) is 9.59 Å². The van der Waals surface area contributed by atoms with Gasteiger partial charge in [0.25, 0.3) is 5.91 Å². The van der Waals surface area contributed by atoms with Crippen molar-refractivity contribution >= 4 is 23.6 Å². The summed E-state index contributed by atoms with van der Waals surface area (Å²) in [6, 6.07) is 3.31. The standard InChI is InChI=1S/C22H31N3O4S/c1-21(2)9-12(10-22(3,4)24-21)23-18(26)14-11-30-20-13-7-8-15(28-5)17(29-6)16(13)19(27)25(14)20/h7-8,12,14,20,24H,9-11H2,1-6H3,(H,23,26). The first kappa shape index (κ1) is 21.3. The normalized spacial score (nSPS) is 26.9. The minimum Gasteiger partial charge on any atom is -0.493 e. The van der Waals surface area contributed by atoms with Crippen LogP contribution in [0, 0.1) is 0 Å². The minimum atomic E-state index is -0.489. The second kappa shape index (κ2) is 7.34. The molecule has 3 aliphatic rings. The Labute approximate surface area is 182 Å². The fourth-order valence-electron chi connectivity index (χ4n) is 5.42. The molecule has 0 saturated carbocycles. The maximum Gasteiger partial charge on any atom is 0.260 e. The lowest BCUT2D eigenvalue weighted by Gasteiger charge is -2.46. The summed E-state index contributed by atoms with van der Waals surface area (Å²) in [5.74, 6) is 1.32. The molecule has 2 saturated heterocycles. The van der Waals surface area contributed by atoms with Crippen molar-refractivity contribution in [2.75, 3.05) is 20.0 Å². The van der Waals surface area contributed by atoms with Crippen LogP contribution in [0.2, 0.25) is 0 Å². The van der Waals surface area contributed by atoms with Crippen LogP contribution < -0.4 is 20.1 Å². The highest BCUT2D eigenvalue weighted by atomic mass is 32.2. The van der Waals surface area contributed by atoms with Gasteiger partial charge in [0.2, 0.25) is 5.91 Å². The number of amides is 2. The van der Waals surface area contributed by atoms with E-state index in [2.05, 4.69) is 38.3 Å². The van der Waals surface area contributed by atoms with Crippen molar-refractivity contribution < 1.29 is 19.1 Å². The molecule has 1 aromatic rings. The molecule has 0 aliphatic carbocycles. The number of hydrogen-bond donors (Lipinski definition) is 2. The van der Waals surface area contributed by atoms with E-state index in [1.807, 2.05) is 12.1 Å². The number of fused-ring (bicyclic) bond motifs is 3. The predicted octanol–water partition coefficient (Wildman–Crippen LogP) is 2.70. The van der Waals surface area contributed by atoms with E-state index in [1.165, 1.54) is 7.11 Å². The fourth-order valence-corrected chi connectivity index (χ4v) is 6.87. The topological polar surface area (TPSA) is 79.9 Å². The number of ether oxygens (including phenoxy) is 2. The first-order valence-electron chi connectivity index (χ1n) is 10.4. The fraction of sp³-hybridized carbons (Fsp3) is 0.636. The lowest BCUT2D eigenvalue weighted by Crippen LogP contribution is -2.63. The van der Waals surface area contributed by atoms with Gasteiger partial charge in [-0.15, -0.1) is 11.8 Å². The number of nitrogens with zero attached hydrogens (tertiary/aromatic N) is 1. The second-order valence-electron chi connectivity index (χ2n) is 9.69. The Morgan fingerprint density at radius 2 is 1.83 bits per heavy atom. The molecule has 164 valence electrons. The molecular weight excluding hydrogens is 402 g/mol. The van der Waals surface area contributed by atoms with E-state index in [1.54, 1.807) is 23.8 Å². The summed E-state index contributed by atoms with van der Waals surface area (Å²) in [6.45, 7) is 8.65. The number of rotatable bonds is 4. The molecule has 0 radical (unpaired) electrons. The monoisotopic (exact) mass is 433 g/mol. The van der Waals surface area contributed by atoms with Crippen molar-refractivity contribution in [3.63, 3.8) is 0 Å². The smallest absolute Gasteiger partial charge is 0.260 e. The third kappa shape index (κ3) is 3.54. The zero-order valence-corrected chi connectivity index (χ0v) is 19.3. The Kier molecular flexibility index (Phi) is 5.21. The maximum atomic E-state index is 13.3. The van der Waals surface area contributed by atoms with Crippen LogP contribution in [-0.4, -0.2) is 59.8 Å². The number of nitrogens with one attached hydrogen (secondary N) is 2. The Hall–Kier alpha value is -1.93. The highest BCUT2D eigenvalue weighted by Gasteiger charge is 2.51. The number of carbonyl (C=O) groups excluding carboxylic acids is 2. The summed E-state index contributed by atoms with van der Waals surface area (Å²) >= 11 is 1.63. The first-order chi connectivity index (χ1) is 14.1. The Bertz CT molecular complexity index is 869. The molecule has 7 nitrogen and oxygen atoms in total. The Morgan fingerprint density at radius 3 is 2.43 bits per heavy atom. The summed E-state index contributed by atoms with van der Waals surface area (Å²) in [5, 5.41) is 6.72. The van der Waals surface area contributed by atoms with Gasteiger partial charge in [0.15, 0.2) is 11.5 Å². The lowest BCUT2D eigenvalue weighted by molar-refractivity contribution is -0.126. The van der Waals surface area contributed by atoms with Gasteiger partial charge in [-0.05, 0) is 46.6 Å². The van der Waals surface area contributed by atoms with Crippen molar-refractivity contribution in [2.24, 2.45) is 0 Å². The van der Waals surface area contributed by atoms with Crippen molar-refractivity contribution in [2.45, 2.75) is 69.1 Å². The SMILES string of the molecule is COc1ccc2c(c1OC)C(=O)N1C(C(=O)NC3CC(C)(C)NC(C)(C)C3)CSC21. The first-order valence-corrected chi connectivity index (χ1v) is 11.4. The number of piperidine rings is 1. The molecule has 4 rings (SSSR count). The molecule has 3 aliphatic heterocycles. The van der Waals surface area contributed by atoms with Gasteiger partial charge in [0.05, 0.1) is 19.8 Å². The Balaban J connectivity index is 1.55. The number of benzene rings is 1. The van der Waals surface area contributed by atoms with E-state index in [-0.39, 0.29) is 34.3 Å². The van der Waals surface area contributed by atoms with Crippen molar-refractivity contribution in [3.8, 4) is 11.5 Å². The van der Waals surface area contributed by atoms with Crippen LogP contribution in [0.4, 0.5) is 0 Å². The zero-order chi connectivity index (χ0) is 21.8. The molecule has 3 heterocycles. The van der Waals surface area contributed by atoms with Gasteiger partial charge in [0.1, 0.15) is 11.4 Å². The number of carbonyl (C=O) groups is 2. The summed E-state index contributed by atoms with van der Waals surface area (Å²) in [7, 11) is 3.09. The van der Waals surface area contributed by atoms with Gasteiger partial charge in [-0.25, -0.2) is 0 Å². The van der Waals surface area contributed by atoms with Gasteiger partial charge >= 0.3 is 0 Å². The highest BCUT2D eigenvalue weighted by molar-refractivity contribution is 7.99. The van der Waals surface area contributed by atoms with Crippen LogP contribution in [0.5, 0.6) is 11.5 Å². The molecule has 8 heteroatoms. The van der Waals surface area contributed by atoms with Crippen LogP contribution in [-0.2, 0) is 4.79 Å².